The average Bonchev–Trinajstić information content (AvgIpc) is 2.41. The Hall–Kier alpha value is -0.900. The van der Waals surface area contributed by atoms with Gasteiger partial charge in [0.1, 0.15) is 5.82 Å². The number of hydrogen-bond acceptors (Lipinski definition) is 1. The molecule has 0 fully saturated rings. The normalized spacial score (nSPS) is 12.4. The van der Waals surface area contributed by atoms with Gasteiger partial charge in [-0.2, -0.15) is 0 Å². The maximum absolute atomic E-state index is 13.5. The van der Waals surface area contributed by atoms with E-state index in [4.69, 9.17) is 11.6 Å². The number of halogens is 3. The summed E-state index contributed by atoms with van der Waals surface area (Å²) in [5, 5.41) is 3.36. The summed E-state index contributed by atoms with van der Waals surface area (Å²) < 4.78 is 14.6. The molecule has 1 nitrogen and oxygen atoms in total. The van der Waals surface area contributed by atoms with Crippen molar-refractivity contribution in [3.8, 4) is 0 Å². The van der Waals surface area contributed by atoms with Gasteiger partial charge in [0, 0.05) is 10.5 Å². The van der Waals surface area contributed by atoms with Crippen molar-refractivity contribution in [2.75, 3.05) is 7.05 Å². The lowest BCUT2D eigenvalue weighted by molar-refractivity contribution is 0.577. The molecule has 0 aliphatic heterocycles. The predicted molar refractivity (Wildman–Crippen MR) is 81.1 cm³/mol. The van der Waals surface area contributed by atoms with Crippen molar-refractivity contribution in [1.29, 1.82) is 0 Å². The van der Waals surface area contributed by atoms with Gasteiger partial charge >= 0.3 is 0 Å². The summed E-state index contributed by atoms with van der Waals surface area (Å²) in [6, 6.07) is 13.1. The summed E-state index contributed by atoms with van der Waals surface area (Å²) in [6.45, 7) is 0. The molecule has 0 amide bonds. The third kappa shape index (κ3) is 3.78. The molecule has 0 saturated carbocycles. The first-order valence-electron chi connectivity index (χ1n) is 5.97. The number of hydrogen-bond donors (Lipinski definition) is 1. The second-order valence-electron chi connectivity index (χ2n) is 4.35. The summed E-state index contributed by atoms with van der Waals surface area (Å²) >= 11 is 9.12. The zero-order valence-corrected chi connectivity index (χ0v) is 12.8. The van der Waals surface area contributed by atoms with Crippen LogP contribution in [0.25, 0.3) is 0 Å². The van der Waals surface area contributed by atoms with E-state index in [0.29, 0.717) is 0 Å². The van der Waals surface area contributed by atoms with Gasteiger partial charge in [-0.15, -0.1) is 0 Å². The summed E-state index contributed by atoms with van der Waals surface area (Å²) in [4.78, 5) is 0. The van der Waals surface area contributed by atoms with E-state index in [9.17, 15) is 4.39 Å². The summed E-state index contributed by atoms with van der Waals surface area (Å²) in [6.07, 6.45) is 0.796. The van der Waals surface area contributed by atoms with Crippen LogP contribution in [0.1, 0.15) is 17.2 Å². The van der Waals surface area contributed by atoms with E-state index < -0.39 is 0 Å². The third-order valence-electron chi connectivity index (χ3n) is 3.05. The highest BCUT2D eigenvalue weighted by Crippen LogP contribution is 2.23. The SMILES string of the molecule is CNC(Cc1ccc(Br)cc1)c1ccc(Cl)c(F)c1. The second kappa shape index (κ2) is 6.51. The highest BCUT2D eigenvalue weighted by molar-refractivity contribution is 9.10. The predicted octanol–water partition coefficient (Wildman–Crippen LogP) is 4.74. The molecule has 100 valence electrons. The van der Waals surface area contributed by atoms with Crippen molar-refractivity contribution in [2.45, 2.75) is 12.5 Å². The molecule has 0 spiro atoms. The Kier molecular flexibility index (Phi) is 4.97. The number of likely N-dealkylation sites (N-methyl/N-ethyl adjacent to an activating group) is 1. The van der Waals surface area contributed by atoms with Crippen molar-refractivity contribution in [3.05, 3.63) is 68.9 Å². The maximum atomic E-state index is 13.5. The van der Waals surface area contributed by atoms with Crippen LogP contribution >= 0.6 is 27.5 Å². The Morgan fingerprint density at radius 1 is 1.21 bits per heavy atom. The Morgan fingerprint density at radius 3 is 2.47 bits per heavy atom. The Bertz CT molecular complexity index is 557. The largest absolute Gasteiger partial charge is 0.313 e. The Morgan fingerprint density at radius 2 is 1.89 bits per heavy atom. The number of nitrogens with one attached hydrogen (secondary N) is 1. The molecular weight excluding hydrogens is 329 g/mol. The van der Waals surface area contributed by atoms with Crippen LogP contribution in [0.3, 0.4) is 0 Å². The van der Waals surface area contributed by atoms with Crippen LogP contribution in [-0.4, -0.2) is 7.05 Å². The van der Waals surface area contributed by atoms with Crippen molar-refractivity contribution in [3.63, 3.8) is 0 Å². The van der Waals surface area contributed by atoms with Crippen LogP contribution in [0.5, 0.6) is 0 Å². The van der Waals surface area contributed by atoms with Gasteiger partial charge < -0.3 is 5.32 Å². The zero-order valence-electron chi connectivity index (χ0n) is 10.5. The van der Waals surface area contributed by atoms with Gasteiger partial charge in [0.25, 0.3) is 0 Å². The van der Waals surface area contributed by atoms with Crippen molar-refractivity contribution >= 4 is 27.5 Å². The molecule has 1 unspecified atom stereocenters. The van der Waals surface area contributed by atoms with Gasteiger partial charge in [-0.25, -0.2) is 4.39 Å². The molecule has 2 rings (SSSR count). The van der Waals surface area contributed by atoms with Gasteiger partial charge in [-0.05, 0) is 48.9 Å². The fourth-order valence-corrected chi connectivity index (χ4v) is 2.35. The monoisotopic (exact) mass is 341 g/mol. The van der Waals surface area contributed by atoms with Crippen LogP contribution in [0.4, 0.5) is 4.39 Å². The number of rotatable bonds is 4. The molecule has 0 aliphatic carbocycles. The van der Waals surface area contributed by atoms with Crippen molar-refractivity contribution < 1.29 is 4.39 Å². The maximum Gasteiger partial charge on any atom is 0.142 e. The topological polar surface area (TPSA) is 12.0 Å². The first-order valence-corrected chi connectivity index (χ1v) is 7.14. The van der Waals surface area contributed by atoms with E-state index in [-0.39, 0.29) is 16.9 Å². The van der Waals surface area contributed by atoms with Crippen LogP contribution in [0.15, 0.2) is 46.9 Å². The van der Waals surface area contributed by atoms with Crippen LogP contribution in [0.2, 0.25) is 5.02 Å². The lowest BCUT2D eigenvalue weighted by Crippen LogP contribution is -2.19. The summed E-state index contributed by atoms with van der Waals surface area (Å²) in [5.74, 6) is -0.379. The van der Waals surface area contributed by atoms with Gasteiger partial charge in [0.2, 0.25) is 0 Å². The van der Waals surface area contributed by atoms with Crippen LogP contribution in [0, 0.1) is 5.82 Å². The minimum atomic E-state index is -0.379. The molecule has 0 bridgehead atoms. The Labute approximate surface area is 125 Å². The van der Waals surface area contributed by atoms with Crippen LogP contribution in [-0.2, 0) is 6.42 Å². The molecule has 0 saturated heterocycles. The van der Waals surface area contributed by atoms with E-state index in [2.05, 4.69) is 33.4 Å². The zero-order chi connectivity index (χ0) is 13.8. The molecule has 0 heterocycles. The minimum Gasteiger partial charge on any atom is -0.313 e. The molecule has 2 aromatic rings. The standard InChI is InChI=1S/C15H14BrClFN/c1-19-15(8-10-2-5-12(16)6-3-10)11-4-7-13(17)14(18)9-11/h2-7,9,15,19H,8H2,1H3. The van der Waals surface area contributed by atoms with E-state index in [1.807, 2.05) is 25.2 Å². The fraction of sp³-hybridized carbons (Fsp3) is 0.200. The molecule has 19 heavy (non-hydrogen) atoms. The van der Waals surface area contributed by atoms with E-state index in [1.165, 1.54) is 11.6 Å². The molecule has 2 aromatic carbocycles. The first kappa shape index (κ1) is 14.5. The lowest BCUT2D eigenvalue weighted by Gasteiger charge is -2.17. The first-order chi connectivity index (χ1) is 9.10. The molecule has 1 atom stereocenters. The molecule has 0 radical (unpaired) electrons. The molecule has 0 aliphatic rings. The van der Waals surface area contributed by atoms with Gasteiger partial charge in [0.15, 0.2) is 0 Å². The van der Waals surface area contributed by atoms with Gasteiger partial charge in [-0.1, -0.05) is 45.7 Å². The van der Waals surface area contributed by atoms with Crippen LogP contribution < -0.4 is 5.32 Å². The van der Waals surface area contributed by atoms with Crippen molar-refractivity contribution in [1.82, 2.24) is 5.32 Å². The molecule has 0 aromatic heterocycles. The molecular formula is C15H14BrClFN. The lowest BCUT2D eigenvalue weighted by atomic mass is 9.99. The fourth-order valence-electron chi connectivity index (χ4n) is 1.97. The molecule has 1 N–H and O–H groups in total. The smallest absolute Gasteiger partial charge is 0.142 e. The molecule has 4 heteroatoms. The Balaban J connectivity index is 2.19. The second-order valence-corrected chi connectivity index (χ2v) is 5.67. The summed E-state index contributed by atoms with van der Waals surface area (Å²) in [5.41, 5.74) is 2.09. The third-order valence-corrected chi connectivity index (χ3v) is 3.88. The van der Waals surface area contributed by atoms with E-state index in [0.717, 1.165) is 16.5 Å². The van der Waals surface area contributed by atoms with E-state index in [1.54, 1.807) is 6.07 Å². The number of benzene rings is 2. The minimum absolute atomic E-state index is 0.0629. The highest BCUT2D eigenvalue weighted by atomic mass is 79.9. The average molecular weight is 343 g/mol. The highest BCUT2D eigenvalue weighted by Gasteiger charge is 2.12. The van der Waals surface area contributed by atoms with E-state index >= 15 is 0 Å². The quantitative estimate of drug-likeness (QED) is 0.846. The van der Waals surface area contributed by atoms with Gasteiger partial charge in [0.05, 0.1) is 5.02 Å². The summed E-state index contributed by atoms with van der Waals surface area (Å²) in [7, 11) is 1.87. The van der Waals surface area contributed by atoms with Gasteiger partial charge in [-0.3, -0.25) is 0 Å². The van der Waals surface area contributed by atoms with Crippen molar-refractivity contribution in [2.24, 2.45) is 0 Å².